The number of aromatic nitrogens is 4. The number of carbonyl (C=O) groups is 1. The Balaban J connectivity index is 1.52. The number of hydrogen-bond acceptors (Lipinski definition) is 3. The minimum absolute atomic E-state index is 0.161. The molecule has 2 aromatic heterocycles. The van der Waals surface area contributed by atoms with Gasteiger partial charge in [0.2, 0.25) is 5.91 Å². The van der Waals surface area contributed by atoms with Gasteiger partial charge in [-0.2, -0.15) is 0 Å². The third kappa shape index (κ3) is 4.60. The summed E-state index contributed by atoms with van der Waals surface area (Å²) in [6, 6.07) is 7.85. The molecule has 2 N–H and O–H groups in total. The molecule has 160 valence electrons. The van der Waals surface area contributed by atoms with E-state index in [1.807, 2.05) is 0 Å². The van der Waals surface area contributed by atoms with E-state index in [2.05, 4.69) is 20.6 Å². The van der Waals surface area contributed by atoms with E-state index in [0.29, 0.717) is 40.7 Å². The van der Waals surface area contributed by atoms with Crippen LogP contribution in [-0.2, 0) is 24.8 Å². The molecule has 0 aliphatic rings. The summed E-state index contributed by atoms with van der Waals surface area (Å²) in [7, 11) is 1.74. The van der Waals surface area contributed by atoms with Crippen LogP contribution in [-0.4, -0.2) is 25.9 Å². The van der Waals surface area contributed by atoms with Gasteiger partial charge in [-0.3, -0.25) is 9.48 Å². The molecular formula is C22H20F3N5O. The van der Waals surface area contributed by atoms with E-state index in [-0.39, 0.29) is 24.4 Å². The second-order valence-corrected chi connectivity index (χ2v) is 7.31. The summed E-state index contributed by atoms with van der Waals surface area (Å²) >= 11 is 0. The molecule has 0 spiro atoms. The van der Waals surface area contributed by atoms with Gasteiger partial charge in [-0.05, 0) is 54.3 Å². The Morgan fingerprint density at radius 3 is 2.61 bits per heavy atom. The molecule has 0 saturated carbocycles. The number of nitrogens with zero attached hydrogens (tertiary/aromatic N) is 3. The molecule has 2 heterocycles. The number of nitrogens with one attached hydrogen (secondary N) is 2. The maximum Gasteiger partial charge on any atom is 0.220 e. The van der Waals surface area contributed by atoms with Crippen molar-refractivity contribution in [1.29, 1.82) is 0 Å². The van der Waals surface area contributed by atoms with E-state index in [4.69, 9.17) is 0 Å². The van der Waals surface area contributed by atoms with Crippen LogP contribution in [0.1, 0.15) is 24.1 Å². The molecule has 0 bridgehead atoms. The van der Waals surface area contributed by atoms with Crippen LogP contribution in [0.5, 0.6) is 0 Å². The molecule has 0 aliphatic heterocycles. The van der Waals surface area contributed by atoms with Crippen molar-refractivity contribution in [3.05, 3.63) is 71.3 Å². The topological polar surface area (TPSA) is 75.6 Å². The quantitative estimate of drug-likeness (QED) is 0.468. The Kier molecular flexibility index (Phi) is 5.75. The van der Waals surface area contributed by atoms with Crippen LogP contribution in [0.2, 0.25) is 0 Å². The van der Waals surface area contributed by atoms with Gasteiger partial charge < -0.3 is 10.3 Å². The zero-order valence-electron chi connectivity index (χ0n) is 16.8. The molecule has 4 rings (SSSR count). The highest BCUT2D eigenvalue weighted by Crippen LogP contribution is 2.33. The molecule has 31 heavy (non-hydrogen) atoms. The largest absolute Gasteiger partial charge is 0.352 e. The Labute approximate surface area is 176 Å². The molecular weight excluding hydrogens is 407 g/mol. The van der Waals surface area contributed by atoms with E-state index in [1.54, 1.807) is 30.1 Å². The molecule has 0 unspecified atom stereocenters. The van der Waals surface area contributed by atoms with Gasteiger partial charge in [0.05, 0.1) is 12.1 Å². The van der Waals surface area contributed by atoms with Crippen molar-refractivity contribution >= 4 is 16.8 Å². The lowest BCUT2D eigenvalue weighted by molar-refractivity contribution is -0.121. The first-order valence-corrected chi connectivity index (χ1v) is 9.78. The number of amides is 1. The highest BCUT2D eigenvalue weighted by Gasteiger charge is 2.17. The third-order valence-corrected chi connectivity index (χ3v) is 5.01. The van der Waals surface area contributed by atoms with E-state index in [9.17, 15) is 18.0 Å². The van der Waals surface area contributed by atoms with Gasteiger partial charge in [-0.15, -0.1) is 5.10 Å². The average Bonchev–Trinajstić information content (AvgIpc) is 3.31. The fourth-order valence-electron chi connectivity index (χ4n) is 3.58. The smallest absolute Gasteiger partial charge is 0.220 e. The number of hydrogen-bond donors (Lipinski definition) is 2. The molecule has 6 nitrogen and oxygen atoms in total. The highest BCUT2D eigenvalue weighted by molar-refractivity contribution is 5.91. The molecule has 2 aromatic carbocycles. The second kappa shape index (κ2) is 8.63. The van der Waals surface area contributed by atoms with Crippen LogP contribution in [0, 0.1) is 17.5 Å². The van der Waals surface area contributed by atoms with Crippen LogP contribution in [0.3, 0.4) is 0 Å². The zero-order valence-corrected chi connectivity index (χ0v) is 16.8. The Morgan fingerprint density at radius 2 is 1.90 bits per heavy atom. The van der Waals surface area contributed by atoms with Crippen LogP contribution in [0.25, 0.3) is 22.2 Å². The summed E-state index contributed by atoms with van der Waals surface area (Å²) in [4.78, 5) is 15.2. The van der Waals surface area contributed by atoms with Gasteiger partial charge in [-0.1, -0.05) is 5.21 Å². The van der Waals surface area contributed by atoms with Crippen molar-refractivity contribution in [2.75, 3.05) is 0 Å². The van der Waals surface area contributed by atoms with E-state index in [0.717, 1.165) is 6.07 Å². The lowest BCUT2D eigenvalue weighted by Crippen LogP contribution is -2.22. The third-order valence-electron chi connectivity index (χ3n) is 5.01. The Hall–Kier alpha value is -3.62. The van der Waals surface area contributed by atoms with Gasteiger partial charge in [0.1, 0.15) is 23.1 Å². The number of H-pyrrole nitrogens is 1. The molecule has 0 atom stereocenters. The summed E-state index contributed by atoms with van der Waals surface area (Å²) in [6.45, 7) is 0.275. The lowest BCUT2D eigenvalue weighted by Gasteiger charge is -2.07. The zero-order chi connectivity index (χ0) is 22.0. The first kappa shape index (κ1) is 20.6. The van der Waals surface area contributed by atoms with Crippen LogP contribution in [0.15, 0.2) is 42.6 Å². The van der Waals surface area contributed by atoms with Crippen molar-refractivity contribution in [3.63, 3.8) is 0 Å². The van der Waals surface area contributed by atoms with E-state index >= 15 is 0 Å². The first-order chi connectivity index (χ1) is 14.9. The van der Waals surface area contributed by atoms with Gasteiger partial charge in [0.25, 0.3) is 0 Å². The van der Waals surface area contributed by atoms with Crippen LogP contribution >= 0.6 is 0 Å². The molecule has 0 aliphatic carbocycles. The van der Waals surface area contributed by atoms with Crippen molar-refractivity contribution in [2.45, 2.75) is 25.8 Å². The molecule has 9 heteroatoms. The maximum absolute atomic E-state index is 14.3. The van der Waals surface area contributed by atoms with E-state index in [1.165, 1.54) is 18.2 Å². The number of benzene rings is 2. The minimum Gasteiger partial charge on any atom is -0.352 e. The number of rotatable bonds is 7. The van der Waals surface area contributed by atoms with Crippen molar-refractivity contribution in [3.8, 4) is 11.3 Å². The summed E-state index contributed by atoms with van der Waals surface area (Å²) in [5, 5.41) is 10.9. The number of fused-ring (bicyclic) bond motifs is 1. The highest BCUT2D eigenvalue weighted by atomic mass is 19.1. The molecule has 4 aromatic rings. The average molecular weight is 427 g/mol. The molecule has 0 radical (unpaired) electrons. The molecule has 0 fully saturated rings. The predicted octanol–water partition coefficient (Wildman–Crippen LogP) is 4.02. The number of carbonyl (C=O) groups excluding carboxylic acids is 1. The maximum atomic E-state index is 14.3. The predicted molar refractivity (Wildman–Crippen MR) is 109 cm³/mol. The minimum atomic E-state index is -0.702. The fraction of sp³-hybridized carbons (Fsp3) is 0.227. The Bertz CT molecular complexity index is 1230. The number of aromatic amines is 1. The van der Waals surface area contributed by atoms with Crippen LogP contribution < -0.4 is 5.32 Å². The number of halogens is 3. The number of aryl methyl sites for hydroxylation is 2. The fourth-order valence-corrected chi connectivity index (χ4v) is 3.58. The summed E-state index contributed by atoms with van der Waals surface area (Å²) in [5.74, 6) is -1.94. The Morgan fingerprint density at radius 1 is 1.13 bits per heavy atom. The molecule has 1 amide bonds. The second-order valence-electron chi connectivity index (χ2n) is 7.31. The van der Waals surface area contributed by atoms with Gasteiger partial charge in [-0.25, -0.2) is 13.2 Å². The van der Waals surface area contributed by atoms with Gasteiger partial charge in [0.15, 0.2) is 0 Å². The van der Waals surface area contributed by atoms with Crippen LogP contribution in [0.4, 0.5) is 13.2 Å². The van der Waals surface area contributed by atoms with Crippen molar-refractivity contribution in [1.82, 2.24) is 25.3 Å². The SMILES string of the molecule is Cn1cc(CNC(=O)CCCc2c(-c3ccc(F)cc3)[nH]c3c(F)cc(F)cc23)nn1. The van der Waals surface area contributed by atoms with Crippen molar-refractivity contribution < 1.29 is 18.0 Å². The monoisotopic (exact) mass is 427 g/mol. The summed E-state index contributed by atoms with van der Waals surface area (Å²) < 4.78 is 43.1. The van der Waals surface area contributed by atoms with Crippen molar-refractivity contribution in [2.24, 2.45) is 7.05 Å². The normalized spacial score (nSPS) is 11.2. The first-order valence-electron chi connectivity index (χ1n) is 9.78. The van der Waals surface area contributed by atoms with E-state index < -0.39 is 17.5 Å². The standard InChI is InChI=1S/C22H20F3N5O/c1-30-12-16(28-29-30)11-26-20(31)4-2-3-17-18-9-15(24)10-19(25)22(18)27-21(17)13-5-7-14(23)8-6-13/h5-10,12,27H,2-4,11H2,1H3,(H,26,31). The lowest BCUT2D eigenvalue weighted by atomic mass is 10.00. The summed E-state index contributed by atoms with van der Waals surface area (Å²) in [5.41, 5.74) is 2.75. The summed E-state index contributed by atoms with van der Waals surface area (Å²) in [6.07, 6.45) is 2.82. The van der Waals surface area contributed by atoms with Gasteiger partial charge in [0, 0.05) is 36.8 Å². The molecule has 0 saturated heterocycles. The van der Waals surface area contributed by atoms with Gasteiger partial charge >= 0.3 is 0 Å².